The zero-order valence-corrected chi connectivity index (χ0v) is 14.1. The molecule has 0 unspecified atom stereocenters. The normalized spacial score (nSPS) is 10.6. The van der Waals surface area contributed by atoms with Gasteiger partial charge in [0, 0.05) is 0 Å². The van der Waals surface area contributed by atoms with Gasteiger partial charge in [0.1, 0.15) is 0 Å². The highest BCUT2D eigenvalue weighted by molar-refractivity contribution is 7.79. The Balaban J connectivity index is 2.07. The average molecular weight is 350 g/mol. The van der Waals surface area contributed by atoms with Gasteiger partial charge in [-0.2, -0.15) is 0 Å². The van der Waals surface area contributed by atoms with Gasteiger partial charge in [-0.05, 0) is 48.1 Å². The molecule has 3 rings (SSSR count). The lowest BCUT2D eigenvalue weighted by Gasteiger charge is -2.19. The molecule has 0 aliphatic carbocycles. The SMILES string of the molecule is O=C(O)c1ccc(P(c2ccccc2)c2ccc(C(=O)O)cc2)cc1. The van der Waals surface area contributed by atoms with Crippen LogP contribution in [0.4, 0.5) is 0 Å². The van der Waals surface area contributed by atoms with Crippen LogP contribution in [0.1, 0.15) is 20.7 Å². The Bertz CT molecular complexity index is 830. The first-order valence-electron chi connectivity index (χ1n) is 7.58. The molecule has 0 aliphatic heterocycles. The summed E-state index contributed by atoms with van der Waals surface area (Å²) in [5.41, 5.74) is 0.487. The maximum Gasteiger partial charge on any atom is 0.335 e. The minimum absolute atomic E-state index is 0.244. The van der Waals surface area contributed by atoms with Crippen LogP contribution in [-0.4, -0.2) is 22.2 Å². The van der Waals surface area contributed by atoms with Crippen LogP contribution in [-0.2, 0) is 0 Å². The second-order valence-corrected chi connectivity index (χ2v) is 7.60. The molecule has 0 saturated carbocycles. The molecular weight excluding hydrogens is 335 g/mol. The summed E-state index contributed by atoms with van der Waals surface area (Å²) in [6.07, 6.45) is 0. The Morgan fingerprint density at radius 3 is 1.28 bits per heavy atom. The number of benzene rings is 3. The average Bonchev–Trinajstić information content (AvgIpc) is 2.64. The Morgan fingerprint density at radius 2 is 0.920 bits per heavy atom. The summed E-state index contributed by atoms with van der Waals surface area (Å²) in [6.45, 7) is 0. The molecule has 0 atom stereocenters. The summed E-state index contributed by atoms with van der Waals surface area (Å²) in [5, 5.41) is 21.3. The Kier molecular flexibility index (Phi) is 4.92. The third kappa shape index (κ3) is 3.76. The maximum absolute atomic E-state index is 11.1. The number of hydrogen-bond acceptors (Lipinski definition) is 2. The van der Waals surface area contributed by atoms with Crippen LogP contribution in [0.15, 0.2) is 78.9 Å². The highest BCUT2D eigenvalue weighted by Crippen LogP contribution is 2.32. The molecule has 0 amide bonds. The molecule has 0 heterocycles. The summed E-state index contributed by atoms with van der Waals surface area (Å²) >= 11 is 0. The molecule has 3 aromatic carbocycles. The lowest BCUT2D eigenvalue weighted by atomic mass is 10.2. The summed E-state index contributed by atoms with van der Waals surface area (Å²) < 4.78 is 0. The van der Waals surface area contributed by atoms with Gasteiger partial charge in [-0.15, -0.1) is 0 Å². The van der Waals surface area contributed by atoms with Gasteiger partial charge >= 0.3 is 11.9 Å². The molecule has 0 aliphatic rings. The third-order valence-corrected chi connectivity index (χ3v) is 6.20. The Morgan fingerprint density at radius 1 is 0.560 bits per heavy atom. The number of aromatic carboxylic acids is 2. The van der Waals surface area contributed by atoms with E-state index in [1.807, 2.05) is 54.6 Å². The zero-order valence-electron chi connectivity index (χ0n) is 13.2. The monoisotopic (exact) mass is 350 g/mol. The van der Waals surface area contributed by atoms with Crippen molar-refractivity contribution in [2.45, 2.75) is 0 Å². The van der Waals surface area contributed by atoms with Crippen molar-refractivity contribution in [3.63, 3.8) is 0 Å². The van der Waals surface area contributed by atoms with Crippen molar-refractivity contribution >= 4 is 35.8 Å². The van der Waals surface area contributed by atoms with Crippen molar-refractivity contribution in [2.75, 3.05) is 0 Å². The van der Waals surface area contributed by atoms with E-state index in [4.69, 9.17) is 10.2 Å². The molecule has 0 radical (unpaired) electrons. The van der Waals surface area contributed by atoms with Gasteiger partial charge in [-0.3, -0.25) is 0 Å². The first kappa shape index (κ1) is 16.9. The minimum atomic E-state index is -0.957. The van der Waals surface area contributed by atoms with E-state index in [9.17, 15) is 9.59 Å². The Labute approximate surface area is 146 Å². The van der Waals surface area contributed by atoms with E-state index >= 15 is 0 Å². The number of carbonyl (C=O) groups is 2. The van der Waals surface area contributed by atoms with Crippen molar-refractivity contribution in [2.24, 2.45) is 0 Å². The van der Waals surface area contributed by atoms with Gasteiger partial charge in [-0.1, -0.05) is 54.6 Å². The molecule has 124 valence electrons. The van der Waals surface area contributed by atoms with E-state index < -0.39 is 19.9 Å². The standard InChI is InChI=1S/C20H15O4P/c21-19(22)14-6-10-17(11-7-14)25(16-4-2-1-3-5-16)18-12-8-15(9-13-18)20(23)24/h1-13H,(H,21,22)(H,23,24). The first-order valence-corrected chi connectivity index (χ1v) is 8.92. The molecule has 25 heavy (non-hydrogen) atoms. The van der Waals surface area contributed by atoms with Crippen LogP contribution in [0.3, 0.4) is 0 Å². The van der Waals surface area contributed by atoms with Gasteiger partial charge in [0.15, 0.2) is 0 Å². The maximum atomic E-state index is 11.1. The van der Waals surface area contributed by atoms with Crippen molar-refractivity contribution in [3.8, 4) is 0 Å². The van der Waals surface area contributed by atoms with Crippen molar-refractivity contribution < 1.29 is 19.8 Å². The highest BCUT2D eigenvalue weighted by atomic mass is 31.1. The lowest BCUT2D eigenvalue weighted by molar-refractivity contribution is 0.0686. The van der Waals surface area contributed by atoms with E-state index in [0.717, 1.165) is 15.9 Å². The second-order valence-electron chi connectivity index (χ2n) is 5.38. The third-order valence-electron chi connectivity index (χ3n) is 3.76. The van der Waals surface area contributed by atoms with E-state index in [1.165, 1.54) is 0 Å². The second kappa shape index (κ2) is 7.29. The molecule has 0 fully saturated rings. The van der Waals surface area contributed by atoms with Gasteiger partial charge in [0.05, 0.1) is 11.1 Å². The minimum Gasteiger partial charge on any atom is -0.478 e. The molecule has 2 N–H and O–H groups in total. The summed E-state index contributed by atoms with van der Waals surface area (Å²) in [5.74, 6) is -1.91. The molecule has 0 saturated heterocycles. The van der Waals surface area contributed by atoms with Crippen molar-refractivity contribution in [1.29, 1.82) is 0 Å². The highest BCUT2D eigenvalue weighted by Gasteiger charge is 2.17. The van der Waals surface area contributed by atoms with E-state index in [2.05, 4.69) is 0 Å². The van der Waals surface area contributed by atoms with Gasteiger partial charge in [-0.25, -0.2) is 9.59 Å². The van der Waals surface area contributed by atoms with Crippen LogP contribution in [0.25, 0.3) is 0 Å². The number of carboxylic acids is 2. The van der Waals surface area contributed by atoms with E-state index in [0.29, 0.717) is 0 Å². The largest absolute Gasteiger partial charge is 0.478 e. The molecule has 0 aromatic heterocycles. The predicted molar refractivity (Wildman–Crippen MR) is 99.1 cm³/mol. The molecule has 0 bridgehead atoms. The van der Waals surface area contributed by atoms with Crippen LogP contribution < -0.4 is 15.9 Å². The summed E-state index contributed by atoms with van der Waals surface area (Å²) in [4.78, 5) is 22.1. The summed E-state index contributed by atoms with van der Waals surface area (Å²) in [7, 11) is -0.895. The topological polar surface area (TPSA) is 74.6 Å². The van der Waals surface area contributed by atoms with Crippen molar-refractivity contribution in [1.82, 2.24) is 0 Å². The number of carboxylic acid groups (broad SMARTS) is 2. The fourth-order valence-electron chi connectivity index (χ4n) is 2.53. The quantitative estimate of drug-likeness (QED) is 0.694. The van der Waals surface area contributed by atoms with E-state index in [-0.39, 0.29) is 11.1 Å². The van der Waals surface area contributed by atoms with Crippen LogP contribution in [0.5, 0.6) is 0 Å². The van der Waals surface area contributed by atoms with Crippen molar-refractivity contribution in [3.05, 3.63) is 90.0 Å². The number of rotatable bonds is 5. The molecule has 5 heteroatoms. The molecule has 0 spiro atoms. The molecule has 3 aromatic rings. The van der Waals surface area contributed by atoms with Gasteiger partial charge in [0.2, 0.25) is 0 Å². The predicted octanol–water partition coefficient (Wildman–Crippen LogP) is 2.84. The van der Waals surface area contributed by atoms with E-state index in [1.54, 1.807) is 24.3 Å². The van der Waals surface area contributed by atoms with Gasteiger partial charge in [0.25, 0.3) is 0 Å². The lowest BCUT2D eigenvalue weighted by Crippen LogP contribution is -2.21. The Hall–Kier alpha value is -2.97. The fraction of sp³-hybridized carbons (Fsp3) is 0. The first-order chi connectivity index (χ1) is 12.1. The van der Waals surface area contributed by atoms with Crippen LogP contribution in [0, 0.1) is 0 Å². The fourth-order valence-corrected chi connectivity index (χ4v) is 4.79. The summed E-state index contributed by atoms with van der Waals surface area (Å²) in [6, 6.07) is 23.6. The molecular formula is C20H15O4P. The van der Waals surface area contributed by atoms with Crippen LogP contribution >= 0.6 is 7.92 Å². The van der Waals surface area contributed by atoms with Gasteiger partial charge < -0.3 is 10.2 Å². The molecule has 4 nitrogen and oxygen atoms in total. The number of hydrogen-bond donors (Lipinski definition) is 2. The van der Waals surface area contributed by atoms with Crippen LogP contribution in [0.2, 0.25) is 0 Å². The smallest absolute Gasteiger partial charge is 0.335 e. The zero-order chi connectivity index (χ0) is 17.8.